The van der Waals surface area contributed by atoms with Crippen molar-refractivity contribution in [2.45, 2.75) is 51.0 Å². The molecule has 0 saturated carbocycles. The molecule has 2 aliphatic rings. The lowest BCUT2D eigenvalue weighted by Crippen LogP contribution is -2.45. The number of oxazole rings is 1. The summed E-state index contributed by atoms with van der Waals surface area (Å²) in [5.41, 5.74) is 7.62. The van der Waals surface area contributed by atoms with Crippen molar-refractivity contribution in [3.8, 4) is 16.5 Å². The van der Waals surface area contributed by atoms with E-state index in [1.165, 1.54) is 22.5 Å². The van der Waals surface area contributed by atoms with Crippen LogP contribution in [0.4, 0.5) is 9.80 Å². The number of urea groups is 1. The molecule has 1 saturated heterocycles. The number of nitrogens with two attached hydrogens (primary N) is 1. The average molecular weight is 585 g/mol. The molecule has 3 aromatic rings. The third-order valence-corrected chi connectivity index (χ3v) is 8.92. The van der Waals surface area contributed by atoms with Gasteiger partial charge in [-0.15, -0.1) is 11.3 Å². The maximum Gasteiger partial charge on any atom is 0.314 e. The second kappa shape index (κ2) is 13.0. The molecule has 0 radical (unpaired) electrons. The van der Waals surface area contributed by atoms with Gasteiger partial charge in [0.1, 0.15) is 29.3 Å². The van der Waals surface area contributed by atoms with Gasteiger partial charge < -0.3 is 39.3 Å². The first kappa shape index (κ1) is 29.1. The van der Waals surface area contributed by atoms with E-state index in [4.69, 9.17) is 24.4 Å². The number of primary amides is 1. The topological polar surface area (TPSA) is 141 Å². The quantitative estimate of drug-likeness (QED) is 0.419. The Hall–Kier alpha value is -3.45. The van der Waals surface area contributed by atoms with E-state index in [1.54, 1.807) is 18.2 Å². The Morgan fingerprint density at radius 2 is 2.02 bits per heavy atom. The SMILES string of the molecule is COc1ccccc1[C@H](CN1c2sc(-c3ncco3)c(C)c2C(=O)CCN(C(N)=O)CCC1O)OC1CCOCC1. The zero-order chi connectivity index (χ0) is 28.9. The molecule has 1 fully saturated rings. The van der Waals surface area contributed by atoms with Crippen molar-refractivity contribution in [2.75, 3.05) is 44.9 Å². The van der Waals surface area contributed by atoms with E-state index in [1.807, 2.05) is 31.2 Å². The van der Waals surface area contributed by atoms with Gasteiger partial charge in [-0.05, 0) is 31.4 Å². The first-order valence-electron chi connectivity index (χ1n) is 13.8. The van der Waals surface area contributed by atoms with Crippen LogP contribution in [-0.2, 0) is 9.47 Å². The zero-order valence-corrected chi connectivity index (χ0v) is 24.1. The van der Waals surface area contributed by atoms with E-state index >= 15 is 0 Å². The Morgan fingerprint density at radius 1 is 1.24 bits per heavy atom. The number of carbonyl (C=O) groups excluding carboxylic acids is 2. The van der Waals surface area contributed by atoms with E-state index in [2.05, 4.69) is 4.98 Å². The van der Waals surface area contributed by atoms with Crippen molar-refractivity contribution in [1.82, 2.24) is 9.88 Å². The molecule has 2 atom stereocenters. The molecule has 0 spiro atoms. The number of carbonyl (C=O) groups is 2. The summed E-state index contributed by atoms with van der Waals surface area (Å²) in [7, 11) is 1.61. The third-order valence-electron chi connectivity index (χ3n) is 7.61. The van der Waals surface area contributed by atoms with Gasteiger partial charge in [-0.2, -0.15) is 0 Å². The Morgan fingerprint density at radius 3 is 2.73 bits per heavy atom. The minimum Gasteiger partial charge on any atom is -0.496 e. The van der Waals surface area contributed by atoms with Crippen molar-refractivity contribution in [1.29, 1.82) is 0 Å². The molecule has 2 aliphatic heterocycles. The molecule has 2 aromatic heterocycles. The summed E-state index contributed by atoms with van der Waals surface area (Å²) in [6, 6.07) is 7.02. The second-order valence-corrected chi connectivity index (χ2v) is 11.2. The van der Waals surface area contributed by atoms with Gasteiger partial charge in [-0.25, -0.2) is 9.78 Å². The highest BCUT2D eigenvalue weighted by molar-refractivity contribution is 7.20. The summed E-state index contributed by atoms with van der Waals surface area (Å²) in [4.78, 5) is 34.1. The van der Waals surface area contributed by atoms with Crippen LogP contribution < -0.4 is 15.4 Å². The van der Waals surface area contributed by atoms with Crippen LogP contribution in [-0.4, -0.2) is 79.1 Å². The van der Waals surface area contributed by atoms with Gasteiger partial charge in [-0.1, -0.05) is 18.2 Å². The van der Waals surface area contributed by atoms with Crippen molar-refractivity contribution in [3.05, 3.63) is 53.4 Å². The molecular formula is C29H36N4O7S. The van der Waals surface area contributed by atoms with Crippen molar-refractivity contribution < 1.29 is 33.3 Å². The number of aromatic nitrogens is 1. The van der Waals surface area contributed by atoms with Gasteiger partial charge in [-0.3, -0.25) is 4.79 Å². The van der Waals surface area contributed by atoms with Crippen LogP contribution in [0.5, 0.6) is 5.75 Å². The number of nitrogens with zero attached hydrogens (tertiary/aromatic N) is 3. The van der Waals surface area contributed by atoms with Crippen molar-refractivity contribution in [3.63, 3.8) is 0 Å². The molecule has 4 heterocycles. The zero-order valence-electron chi connectivity index (χ0n) is 23.3. The first-order valence-corrected chi connectivity index (χ1v) is 14.6. The molecule has 5 rings (SSSR count). The number of anilines is 1. The number of benzene rings is 1. The fourth-order valence-electron chi connectivity index (χ4n) is 5.40. The highest BCUT2D eigenvalue weighted by Gasteiger charge is 2.34. The molecular weight excluding hydrogens is 548 g/mol. The maximum absolute atomic E-state index is 13.7. The van der Waals surface area contributed by atoms with Gasteiger partial charge in [0.2, 0.25) is 5.89 Å². The standard InChI is InChI=1S/C29H36N4O7S/c1-18-25-21(34)7-12-32(29(30)36)13-8-24(35)33(28(25)41-26(18)27-31-11-16-39-27)17-23(40-19-9-14-38-15-10-19)20-5-3-4-6-22(20)37-2/h3-6,11,16,19,23-24,35H,7-10,12-15,17H2,1-2H3,(H2,30,36)/t23-,24?/m0/s1. The minimum atomic E-state index is -1.05. The second-order valence-electron chi connectivity index (χ2n) is 10.2. The summed E-state index contributed by atoms with van der Waals surface area (Å²) in [5, 5.41) is 12.3. The van der Waals surface area contributed by atoms with E-state index in [0.29, 0.717) is 45.9 Å². The lowest BCUT2D eigenvalue weighted by molar-refractivity contribution is -0.0695. The van der Waals surface area contributed by atoms with E-state index < -0.39 is 18.4 Å². The Kier molecular flexibility index (Phi) is 9.23. The predicted molar refractivity (Wildman–Crippen MR) is 153 cm³/mol. The lowest BCUT2D eigenvalue weighted by Gasteiger charge is -2.37. The molecule has 1 aromatic carbocycles. The van der Waals surface area contributed by atoms with Crippen LogP contribution in [0.25, 0.3) is 10.8 Å². The normalized spacial score (nSPS) is 19.6. The fourth-order valence-corrected chi connectivity index (χ4v) is 6.72. The van der Waals surface area contributed by atoms with Gasteiger partial charge in [0.15, 0.2) is 5.78 Å². The number of ketones is 1. The van der Waals surface area contributed by atoms with Crippen LogP contribution >= 0.6 is 11.3 Å². The number of aliphatic hydroxyl groups is 1. The number of rotatable bonds is 7. The number of methoxy groups -OCH3 is 1. The largest absolute Gasteiger partial charge is 0.496 e. The first-order chi connectivity index (χ1) is 19.9. The molecule has 3 N–H and O–H groups in total. The van der Waals surface area contributed by atoms with Crippen LogP contribution in [0.2, 0.25) is 0 Å². The predicted octanol–water partition coefficient (Wildman–Crippen LogP) is 4.14. The van der Waals surface area contributed by atoms with Gasteiger partial charge in [0.25, 0.3) is 0 Å². The van der Waals surface area contributed by atoms with E-state index in [9.17, 15) is 14.7 Å². The average Bonchev–Trinajstić information content (AvgIpc) is 3.63. The summed E-state index contributed by atoms with van der Waals surface area (Å²) >= 11 is 1.35. The van der Waals surface area contributed by atoms with Crippen LogP contribution in [0.3, 0.4) is 0 Å². The number of amides is 2. The summed E-state index contributed by atoms with van der Waals surface area (Å²) in [6.07, 6.45) is 3.25. The van der Waals surface area contributed by atoms with Gasteiger partial charge in [0.05, 0.1) is 36.4 Å². The van der Waals surface area contributed by atoms with E-state index in [0.717, 1.165) is 18.4 Å². The molecule has 0 aliphatic carbocycles. The fraction of sp³-hybridized carbons (Fsp3) is 0.483. The number of Topliss-reactive ketones (excluding diaryl/α,β-unsaturated/α-hetero) is 1. The van der Waals surface area contributed by atoms with Crippen molar-refractivity contribution >= 4 is 28.2 Å². The van der Waals surface area contributed by atoms with Gasteiger partial charge >= 0.3 is 6.03 Å². The number of para-hydroxylation sites is 1. The van der Waals surface area contributed by atoms with Crippen LogP contribution in [0.1, 0.15) is 53.3 Å². The Balaban J connectivity index is 1.60. The Bertz CT molecular complexity index is 1340. The number of aliphatic hydroxyl groups excluding tert-OH is 1. The molecule has 1 unspecified atom stereocenters. The number of hydrogen-bond acceptors (Lipinski definition) is 10. The van der Waals surface area contributed by atoms with E-state index in [-0.39, 0.29) is 44.4 Å². The van der Waals surface area contributed by atoms with Crippen molar-refractivity contribution in [2.24, 2.45) is 5.73 Å². The minimum absolute atomic E-state index is 0.0454. The highest BCUT2D eigenvalue weighted by atomic mass is 32.1. The number of hydrogen-bond donors (Lipinski definition) is 2. The smallest absolute Gasteiger partial charge is 0.314 e. The van der Waals surface area contributed by atoms with Gasteiger partial charge in [0, 0.05) is 44.7 Å². The molecule has 11 nitrogen and oxygen atoms in total. The molecule has 12 heteroatoms. The number of ether oxygens (including phenoxy) is 3. The molecule has 220 valence electrons. The highest BCUT2D eigenvalue weighted by Crippen LogP contribution is 2.44. The molecule has 2 amide bonds. The van der Waals surface area contributed by atoms with Crippen LogP contribution in [0, 0.1) is 6.92 Å². The van der Waals surface area contributed by atoms with Crippen LogP contribution in [0.15, 0.2) is 41.1 Å². The Labute approximate surface area is 242 Å². The molecule has 0 bridgehead atoms. The monoisotopic (exact) mass is 584 g/mol. The molecule has 41 heavy (non-hydrogen) atoms. The maximum atomic E-state index is 13.7. The number of thiophene rings is 1. The third kappa shape index (κ3) is 6.40. The summed E-state index contributed by atoms with van der Waals surface area (Å²) in [5.74, 6) is 0.908. The summed E-state index contributed by atoms with van der Waals surface area (Å²) in [6.45, 7) is 3.67. The summed E-state index contributed by atoms with van der Waals surface area (Å²) < 4.78 is 23.5. The number of fused-ring (bicyclic) bond motifs is 1. The lowest BCUT2D eigenvalue weighted by atomic mass is 10.0.